The van der Waals surface area contributed by atoms with Crippen LogP contribution in [0.5, 0.6) is 11.5 Å². The summed E-state index contributed by atoms with van der Waals surface area (Å²) in [6.07, 6.45) is 6.16. The first-order valence-corrected chi connectivity index (χ1v) is 10.3. The standard InChI is InChI=1S/C18H28O4S/c1-15(2)23(19,20)13-7-5-3-4-6-8-16-9-10-17-18(14-16)22-12-11-21-17/h9-10,14-15H,3-8,11-13H2,1-2H3. The van der Waals surface area contributed by atoms with Crippen LogP contribution in [0.4, 0.5) is 0 Å². The molecule has 0 amide bonds. The van der Waals surface area contributed by atoms with Crippen LogP contribution in [-0.2, 0) is 16.3 Å². The van der Waals surface area contributed by atoms with Gasteiger partial charge in [-0.25, -0.2) is 8.42 Å². The highest BCUT2D eigenvalue weighted by Gasteiger charge is 2.15. The van der Waals surface area contributed by atoms with E-state index in [-0.39, 0.29) is 5.25 Å². The van der Waals surface area contributed by atoms with Gasteiger partial charge in [-0.1, -0.05) is 25.3 Å². The maximum atomic E-state index is 11.7. The Labute approximate surface area is 140 Å². The molecule has 1 heterocycles. The third-order valence-corrected chi connectivity index (χ3v) is 6.51. The van der Waals surface area contributed by atoms with E-state index >= 15 is 0 Å². The summed E-state index contributed by atoms with van der Waals surface area (Å²) in [6, 6.07) is 6.16. The van der Waals surface area contributed by atoms with E-state index in [2.05, 4.69) is 12.1 Å². The summed E-state index contributed by atoms with van der Waals surface area (Å²) in [5.74, 6) is 2.02. The molecular weight excluding hydrogens is 312 g/mol. The molecule has 1 aromatic carbocycles. The molecule has 0 saturated heterocycles. The summed E-state index contributed by atoms with van der Waals surface area (Å²) in [5.41, 5.74) is 1.27. The largest absolute Gasteiger partial charge is 0.486 e. The summed E-state index contributed by atoms with van der Waals surface area (Å²) >= 11 is 0. The van der Waals surface area contributed by atoms with Crippen molar-refractivity contribution in [2.45, 2.75) is 57.6 Å². The van der Waals surface area contributed by atoms with Crippen LogP contribution in [0.15, 0.2) is 18.2 Å². The van der Waals surface area contributed by atoms with E-state index in [1.165, 1.54) is 5.56 Å². The monoisotopic (exact) mass is 340 g/mol. The van der Waals surface area contributed by atoms with E-state index in [0.29, 0.717) is 19.0 Å². The van der Waals surface area contributed by atoms with Gasteiger partial charge < -0.3 is 9.47 Å². The lowest BCUT2D eigenvalue weighted by Crippen LogP contribution is -2.17. The van der Waals surface area contributed by atoms with Gasteiger partial charge in [-0.05, 0) is 50.8 Å². The Hall–Kier alpha value is -1.23. The molecule has 1 aromatic rings. The number of fused-ring (bicyclic) bond motifs is 1. The predicted octanol–water partition coefficient (Wildman–Crippen LogP) is 3.77. The van der Waals surface area contributed by atoms with Crippen LogP contribution >= 0.6 is 0 Å². The highest BCUT2D eigenvalue weighted by molar-refractivity contribution is 7.91. The number of benzene rings is 1. The molecule has 23 heavy (non-hydrogen) atoms. The molecule has 0 radical (unpaired) electrons. The molecule has 130 valence electrons. The van der Waals surface area contributed by atoms with Gasteiger partial charge in [-0.15, -0.1) is 0 Å². The Morgan fingerprint density at radius 3 is 2.35 bits per heavy atom. The van der Waals surface area contributed by atoms with Crippen molar-refractivity contribution in [2.75, 3.05) is 19.0 Å². The normalized spacial score (nSPS) is 14.2. The van der Waals surface area contributed by atoms with Crippen molar-refractivity contribution in [3.63, 3.8) is 0 Å². The fraction of sp³-hybridized carbons (Fsp3) is 0.667. The molecule has 0 unspecified atom stereocenters. The first-order chi connectivity index (χ1) is 11.0. The highest BCUT2D eigenvalue weighted by atomic mass is 32.2. The molecule has 0 saturated carbocycles. The Morgan fingerprint density at radius 1 is 0.957 bits per heavy atom. The SMILES string of the molecule is CC(C)S(=O)(=O)CCCCCCCc1ccc2c(c1)OCCO2. The van der Waals surface area contributed by atoms with E-state index in [4.69, 9.17) is 9.47 Å². The Bertz CT molecular complexity index is 593. The maximum absolute atomic E-state index is 11.7. The van der Waals surface area contributed by atoms with Crippen molar-refractivity contribution in [1.82, 2.24) is 0 Å². The molecule has 0 N–H and O–H groups in total. The summed E-state index contributed by atoms with van der Waals surface area (Å²) in [6.45, 7) is 4.75. The quantitative estimate of drug-likeness (QED) is 0.642. The first-order valence-electron chi connectivity index (χ1n) is 8.59. The van der Waals surface area contributed by atoms with E-state index < -0.39 is 9.84 Å². The van der Waals surface area contributed by atoms with Crippen molar-refractivity contribution in [1.29, 1.82) is 0 Å². The van der Waals surface area contributed by atoms with Crippen molar-refractivity contribution in [3.8, 4) is 11.5 Å². The van der Waals surface area contributed by atoms with Crippen LogP contribution in [0, 0.1) is 0 Å². The zero-order valence-corrected chi connectivity index (χ0v) is 15.0. The molecular formula is C18H28O4S. The highest BCUT2D eigenvalue weighted by Crippen LogP contribution is 2.31. The van der Waals surface area contributed by atoms with Crippen LogP contribution in [-0.4, -0.2) is 32.6 Å². The van der Waals surface area contributed by atoms with Gasteiger partial charge in [0.1, 0.15) is 13.2 Å². The fourth-order valence-corrected chi connectivity index (χ4v) is 3.72. The number of ether oxygens (including phenoxy) is 2. The minimum Gasteiger partial charge on any atom is -0.486 e. The third kappa shape index (κ3) is 5.72. The molecule has 1 aliphatic rings. The van der Waals surface area contributed by atoms with Crippen molar-refractivity contribution >= 4 is 9.84 Å². The van der Waals surface area contributed by atoms with Gasteiger partial charge in [0.05, 0.1) is 11.0 Å². The average Bonchev–Trinajstić information content (AvgIpc) is 2.53. The molecule has 5 heteroatoms. The molecule has 0 atom stereocenters. The smallest absolute Gasteiger partial charge is 0.161 e. The molecule has 4 nitrogen and oxygen atoms in total. The van der Waals surface area contributed by atoms with Crippen molar-refractivity contribution in [3.05, 3.63) is 23.8 Å². The van der Waals surface area contributed by atoms with E-state index in [0.717, 1.165) is 50.0 Å². The molecule has 0 spiro atoms. The number of hydrogen-bond acceptors (Lipinski definition) is 4. The second kappa shape index (κ2) is 8.57. The van der Waals surface area contributed by atoms with E-state index in [1.54, 1.807) is 13.8 Å². The molecule has 0 fully saturated rings. The molecule has 1 aliphatic heterocycles. The lowest BCUT2D eigenvalue weighted by molar-refractivity contribution is 0.171. The van der Waals surface area contributed by atoms with Gasteiger partial charge in [0.15, 0.2) is 21.3 Å². The summed E-state index contributed by atoms with van der Waals surface area (Å²) in [7, 11) is -2.87. The first kappa shape index (κ1) is 18.1. The zero-order chi connectivity index (χ0) is 16.7. The van der Waals surface area contributed by atoms with Crippen LogP contribution in [0.3, 0.4) is 0 Å². The van der Waals surface area contributed by atoms with Crippen LogP contribution < -0.4 is 9.47 Å². The lowest BCUT2D eigenvalue weighted by Gasteiger charge is -2.18. The second-order valence-electron chi connectivity index (χ2n) is 6.41. The molecule has 0 aliphatic carbocycles. The average molecular weight is 340 g/mol. The van der Waals surface area contributed by atoms with Gasteiger partial charge >= 0.3 is 0 Å². The Balaban J connectivity index is 1.61. The maximum Gasteiger partial charge on any atom is 0.161 e. The van der Waals surface area contributed by atoms with Gasteiger partial charge in [0.25, 0.3) is 0 Å². The number of sulfone groups is 1. The molecule has 0 bridgehead atoms. The number of rotatable bonds is 9. The molecule has 0 aromatic heterocycles. The zero-order valence-electron chi connectivity index (χ0n) is 14.2. The van der Waals surface area contributed by atoms with Gasteiger partial charge in [-0.3, -0.25) is 0 Å². The minimum absolute atomic E-state index is 0.252. The van der Waals surface area contributed by atoms with E-state index in [9.17, 15) is 8.42 Å². The Kier molecular flexibility index (Phi) is 6.75. The van der Waals surface area contributed by atoms with Crippen molar-refractivity contribution < 1.29 is 17.9 Å². The van der Waals surface area contributed by atoms with E-state index in [1.807, 2.05) is 6.07 Å². The lowest BCUT2D eigenvalue weighted by atomic mass is 10.0. The summed E-state index contributed by atoms with van der Waals surface area (Å²) < 4.78 is 34.5. The summed E-state index contributed by atoms with van der Waals surface area (Å²) in [4.78, 5) is 0. The van der Waals surface area contributed by atoms with Gasteiger partial charge in [0.2, 0.25) is 0 Å². The number of hydrogen-bond donors (Lipinski definition) is 0. The van der Waals surface area contributed by atoms with Gasteiger partial charge in [0, 0.05) is 0 Å². The number of unbranched alkanes of at least 4 members (excludes halogenated alkanes) is 4. The molecule has 2 rings (SSSR count). The fourth-order valence-electron chi connectivity index (χ4n) is 2.64. The van der Waals surface area contributed by atoms with Gasteiger partial charge in [-0.2, -0.15) is 0 Å². The third-order valence-electron chi connectivity index (χ3n) is 4.22. The number of aryl methyl sites for hydroxylation is 1. The van der Waals surface area contributed by atoms with Crippen LogP contribution in [0.25, 0.3) is 0 Å². The van der Waals surface area contributed by atoms with Crippen LogP contribution in [0.2, 0.25) is 0 Å². The van der Waals surface area contributed by atoms with Crippen molar-refractivity contribution in [2.24, 2.45) is 0 Å². The van der Waals surface area contributed by atoms with Crippen LogP contribution in [0.1, 0.15) is 51.5 Å². The predicted molar refractivity (Wildman–Crippen MR) is 93.1 cm³/mol. The topological polar surface area (TPSA) is 52.6 Å². The Morgan fingerprint density at radius 2 is 1.61 bits per heavy atom. The summed E-state index contributed by atoms with van der Waals surface area (Å²) in [5, 5.41) is -0.252. The second-order valence-corrected chi connectivity index (χ2v) is 9.09. The minimum atomic E-state index is -2.87.